The highest BCUT2D eigenvalue weighted by molar-refractivity contribution is 4.82. The lowest BCUT2D eigenvalue weighted by Gasteiger charge is -2.33. The second kappa shape index (κ2) is 4.43. The van der Waals surface area contributed by atoms with Crippen molar-refractivity contribution in [2.45, 2.75) is 38.6 Å². The molecule has 2 fully saturated rings. The standard InChI is InChI=1S/C11H22N2/c1-10-5-4-6-12-11(10)9-13-7-2-3-8-13/h10-12H,2-9H2,1H3/t10-,11-/m1/s1. The molecule has 2 nitrogen and oxygen atoms in total. The van der Waals surface area contributed by atoms with E-state index < -0.39 is 0 Å². The van der Waals surface area contributed by atoms with E-state index in [1.54, 1.807) is 0 Å². The summed E-state index contributed by atoms with van der Waals surface area (Å²) >= 11 is 0. The smallest absolute Gasteiger partial charge is 0.0220 e. The summed E-state index contributed by atoms with van der Waals surface area (Å²) in [6.07, 6.45) is 5.63. The first kappa shape index (κ1) is 9.47. The molecule has 0 aromatic heterocycles. The molecule has 2 heterocycles. The predicted octanol–water partition coefficient (Wildman–Crippen LogP) is 1.47. The van der Waals surface area contributed by atoms with Crippen molar-refractivity contribution in [1.29, 1.82) is 0 Å². The van der Waals surface area contributed by atoms with E-state index in [4.69, 9.17) is 0 Å². The Hall–Kier alpha value is -0.0800. The summed E-state index contributed by atoms with van der Waals surface area (Å²) in [5.74, 6) is 0.884. The van der Waals surface area contributed by atoms with Gasteiger partial charge in [-0.3, -0.25) is 0 Å². The molecule has 0 aromatic carbocycles. The lowest BCUT2D eigenvalue weighted by atomic mass is 9.92. The Labute approximate surface area is 81.7 Å². The first-order valence-electron chi connectivity index (χ1n) is 5.82. The van der Waals surface area contributed by atoms with Gasteiger partial charge in [0, 0.05) is 12.6 Å². The van der Waals surface area contributed by atoms with E-state index in [1.807, 2.05) is 0 Å². The summed E-state index contributed by atoms with van der Waals surface area (Å²) in [6, 6.07) is 0.770. The van der Waals surface area contributed by atoms with Crippen molar-refractivity contribution in [3.8, 4) is 0 Å². The molecule has 1 N–H and O–H groups in total. The fraction of sp³-hybridized carbons (Fsp3) is 1.00. The Morgan fingerprint density at radius 3 is 2.69 bits per heavy atom. The minimum absolute atomic E-state index is 0.770. The molecule has 2 atom stereocenters. The zero-order valence-electron chi connectivity index (χ0n) is 8.76. The molecule has 2 aliphatic rings. The van der Waals surface area contributed by atoms with Gasteiger partial charge in [0.15, 0.2) is 0 Å². The maximum Gasteiger partial charge on any atom is 0.0220 e. The van der Waals surface area contributed by atoms with Gasteiger partial charge >= 0.3 is 0 Å². The second-order valence-electron chi connectivity index (χ2n) is 4.69. The number of nitrogens with one attached hydrogen (secondary N) is 1. The molecule has 2 aliphatic heterocycles. The Morgan fingerprint density at radius 2 is 2.00 bits per heavy atom. The van der Waals surface area contributed by atoms with Crippen LogP contribution in [0.2, 0.25) is 0 Å². The molecule has 0 spiro atoms. The summed E-state index contributed by atoms with van der Waals surface area (Å²) in [7, 11) is 0. The van der Waals surface area contributed by atoms with Crippen LogP contribution in [-0.4, -0.2) is 37.1 Å². The quantitative estimate of drug-likeness (QED) is 0.695. The highest BCUT2D eigenvalue weighted by Gasteiger charge is 2.23. The van der Waals surface area contributed by atoms with Gasteiger partial charge in [0.2, 0.25) is 0 Å². The molecule has 2 heteroatoms. The highest BCUT2D eigenvalue weighted by Crippen LogP contribution is 2.18. The van der Waals surface area contributed by atoms with Gasteiger partial charge in [-0.2, -0.15) is 0 Å². The Morgan fingerprint density at radius 1 is 1.23 bits per heavy atom. The fourth-order valence-corrected chi connectivity index (χ4v) is 2.60. The van der Waals surface area contributed by atoms with Crippen LogP contribution in [0.25, 0.3) is 0 Å². The zero-order chi connectivity index (χ0) is 9.10. The van der Waals surface area contributed by atoms with Crippen LogP contribution in [0.15, 0.2) is 0 Å². The van der Waals surface area contributed by atoms with Crippen LogP contribution in [0.3, 0.4) is 0 Å². The van der Waals surface area contributed by atoms with E-state index in [9.17, 15) is 0 Å². The van der Waals surface area contributed by atoms with Crippen molar-refractivity contribution in [1.82, 2.24) is 10.2 Å². The van der Waals surface area contributed by atoms with E-state index in [2.05, 4.69) is 17.1 Å². The minimum Gasteiger partial charge on any atom is -0.312 e. The molecule has 13 heavy (non-hydrogen) atoms. The van der Waals surface area contributed by atoms with Crippen molar-refractivity contribution < 1.29 is 0 Å². The topological polar surface area (TPSA) is 15.3 Å². The Bertz CT molecular complexity index is 152. The first-order valence-corrected chi connectivity index (χ1v) is 5.82. The molecule has 0 bridgehead atoms. The van der Waals surface area contributed by atoms with E-state index in [-0.39, 0.29) is 0 Å². The second-order valence-corrected chi connectivity index (χ2v) is 4.69. The van der Waals surface area contributed by atoms with Crippen LogP contribution in [-0.2, 0) is 0 Å². The van der Waals surface area contributed by atoms with E-state index >= 15 is 0 Å². The molecule has 0 aromatic rings. The van der Waals surface area contributed by atoms with Crippen LogP contribution in [0.1, 0.15) is 32.6 Å². The average Bonchev–Trinajstić information content (AvgIpc) is 2.61. The van der Waals surface area contributed by atoms with E-state index in [1.165, 1.54) is 51.9 Å². The summed E-state index contributed by atoms with van der Waals surface area (Å²) < 4.78 is 0. The fourth-order valence-electron chi connectivity index (χ4n) is 2.60. The molecule has 2 rings (SSSR count). The first-order chi connectivity index (χ1) is 6.36. The molecule has 0 aliphatic carbocycles. The predicted molar refractivity (Wildman–Crippen MR) is 55.9 cm³/mol. The van der Waals surface area contributed by atoms with Gasteiger partial charge in [0.1, 0.15) is 0 Å². The number of likely N-dealkylation sites (tertiary alicyclic amines) is 1. The number of hydrogen-bond donors (Lipinski definition) is 1. The van der Waals surface area contributed by atoms with Gasteiger partial charge in [0.05, 0.1) is 0 Å². The number of rotatable bonds is 2. The van der Waals surface area contributed by atoms with Crippen molar-refractivity contribution >= 4 is 0 Å². The SMILES string of the molecule is C[C@@H]1CCCN[C@@H]1CN1CCCC1. The largest absolute Gasteiger partial charge is 0.312 e. The lowest BCUT2D eigenvalue weighted by Crippen LogP contribution is -2.47. The lowest BCUT2D eigenvalue weighted by molar-refractivity contribution is 0.216. The summed E-state index contributed by atoms with van der Waals surface area (Å²) in [5, 5.41) is 3.65. The maximum absolute atomic E-state index is 3.65. The van der Waals surface area contributed by atoms with E-state index in [0.717, 1.165) is 12.0 Å². The van der Waals surface area contributed by atoms with Crippen LogP contribution in [0, 0.1) is 5.92 Å². The zero-order valence-corrected chi connectivity index (χ0v) is 8.76. The van der Waals surface area contributed by atoms with Crippen molar-refractivity contribution in [2.24, 2.45) is 5.92 Å². The number of nitrogens with zero attached hydrogens (tertiary/aromatic N) is 1. The maximum atomic E-state index is 3.65. The van der Waals surface area contributed by atoms with Gasteiger partial charge in [-0.25, -0.2) is 0 Å². The molecular formula is C11H22N2. The third-order valence-corrected chi connectivity index (χ3v) is 3.58. The number of hydrogen-bond acceptors (Lipinski definition) is 2. The monoisotopic (exact) mass is 182 g/mol. The van der Waals surface area contributed by atoms with Crippen LogP contribution >= 0.6 is 0 Å². The van der Waals surface area contributed by atoms with Crippen LogP contribution < -0.4 is 5.32 Å². The Kier molecular flexibility index (Phi) is 3.23. The molecule has 0 radical (unpaired) electrons. The minimum atomic E-state index is 0.770. The van der Waals surface area contributed by atoms with Gasteiger partial charge in [-0.15, -0.1) is 0 Å². The highest BCUT2D eigenvalue weighted by atomic mass is 15.2. The van der Waals surface area contributed by atoms with Crippen molar-refractivity contribution in [2.75, 3.05) is 26.2 Å². The van der Waals surface area contributed by atoms with Crippen molar-refractivity contribution in [3.63, 3.8) is 0 Å². The molecule has 2 saturated heterocycles. The average molecular weight is 182 g/mol. The molecule has 0 unspecified atom stereocenters. The molecule has 0 amide bonds. The summed E-state index contributed by atoms with van der Waals surface area (Å²) in [6.45, 7) is 7.60. The van der Waals surface area contributed by atoms with Gasteiger partial charge in [0.25, 0.3) is 0 Å². The van der Waals surface area contributed by atoms with Gasteiger partial charge < -0.3 is 10.2 Å². The third kappa shape index (κ3) is 2.44. The Balaban J connectivity index is 1.78. The van der Waals surface area contributed by atoms with Gasteiger partial charge in [-0.05, 0) is 51.2 Å². The normalized spacial score (nSPS) is 36.7. The molecule has 0 saturated carbocycles. The van der Waals surface area contributed by atoms with Gasteiger partial charge in [-0.1, -0.05) is 6.92 Å². The van der Waals surface area contributed by atoms with Crippen molar-refractivity contribution in [3.05, 3.63) is 0 Å². The number of piperidine rings is 1. The summed E-state index contributed by atoms with van der Waals surface area (Å²) in [5.41, 5.74) is 0. The van der Waals surface area contributed by atoms with Crippen LogP contribution in [0.4, 0.5) is 0 Å². The van der Waals surface area contributed by atoms with Crippen LogP contribution in [0.5, 0.6) is 0 Å². The summed E-state index contributed by atoms with van der Waals surface area (Å²) in [4.78, 5) is 2.62. The molecular weight excluding hydrogens is 160 g/mol. The third-order valence-electron chi connectivity index (χ3n) is 3.58. The molecule has 76 valence electrons. The van der Waals surface area contributed by atoms with E-state index in [0.29, 0.717) is 0 Å².